The van der Waals surface area contributed by atoms with Crippen molar-refractivity contribution in [2.24, 2.45) is 0 Å². The van der Waals surface area contributed by atoms with Gasteiger partial charge in [-0.05, 0) is 32.8 Å². The number of carbonyl (C=O) groups is 1. The lowest BCUT2D eigenvalue weighted by molar-refractivity contribution is -0.0615. The summed E-state index contributed by atoms with van der Waals surface area (Å²) in [7, 11) is 0. The molecule has 1 saturated heterocycles. The van der Waals surface area contributed by atoms with Crippen LogP contribution in [0.15, 0.2) is 18.5 Å². The number of nitrogens with one attached hydrogen (secondary N) is 1. The Morgan fingerprint density at radius 2 is 2.38 bits per heavy atom. The summed E-state index contributed by atoms with van der Waals surface area (Å²) >= 11 is 1.39. The Hall–Kier alpha value is -1.66. The molecule has 1 unspecified atom stereocenters. The summed E-state index contributed by atoms with van der Waals surface area (Å²) in [5, 5.41) is 3.98. The molecular formula is C15H19N3O2S. The number of ether oxygens (including phenoxy) is 1. The van der Waals surface area contributed by atoms with Crippen LogP contribution in [0.1, 0.15) is 36.4 Å². The Labute approximate surface area is 127 Å². The molecule has 1 aliphatic heterocycles. The second kappa shape index (κ2) is 5.27. The molecule has 3 heterocycles. The Morgan fingerprint density at radius 3 is 3.10 bits per heavy atom. The van der Waals surface area contributed by atoms with Crippen LogP contribution in [0.25, 0.3) is 10.1 Å². The van der Waals surface area contributed by atoms with E-state index in [0.717, 1.165) is 22.9 Å². The van der Waals surface area contributed by atoms with Crippen LogP contribution in [0.3, 0.4) is 0 Å². The van der Waals surface area contributed by atoms with Gasteiger partial charge < -0.3 is 15.8 Å². The van der Waals surface area contributed by atoms with Gasteiger partial charge in [0.2, 0.25) is 0 Å². The lowest BCUT2D eigenvalue weighted by atomic mass is 9.94. The number of anilines is 1. The van der Waals surface area contributed by atoms with Crippen molar-refractivity contribution < 1.29 is 9.53 Å². The summed E-state index contributed by atoms with van der Waals surface area (Å²) in [5.41, 5.74) is 6.45. The van der Waals surface area contributed by atoms with E-state index in [-0.39, 0.29) is 17.6 Å². The number of hydrogen-bond acceptors (Lipinski definition) is 5. The predicted octanol–water partition coefficient (Wildman–Crippen LogP) is 2.57. The van der Waals surface area contributed by atoms with Crippen molar-refractivity contribution in [3.05, 3.63) is 23.3 Å². The normalized spacial score (nSPS) is 21.3. The van der Waals surface area contributed by atoms with Crippen LogP contribution in [0.4, 0.5) is 5.69 Å². The van der Waals surface area contributed by atoms with Crippen molar-refractivity contribution in [3.63, 3.8) is 0 Å². The minimum Gasteiger partial charge on any atom is -0.397 e. The number of pyridine rings is 1. The highest BCUT2D eigenvalue weighted by Gasteiger charge is 2.30. The molecule has 2 aromatic heterocycles. The first-order valence-corrected chi connectivity index (χ1v) is 7.85. The number of amides is 1. The van der Waals surface area contributed by atoms with Gasteiger partial charge in [-0.2, -0.15) is 0 Å². The molecule has 5 nitrogen and oxygen atoms in total. The molecule has 21 heavy (non-hydrogen) atoms. The van der Waals surface area contributed by atoms with E-state index in [9.17, 15) is 4.79 Å². The molecule has 0 radical (unpaired) electrons. The van der Waals surface area contributed by atoms with Crippen LogP contribution in [0.2, 0.25) is 0 Å². The highest BCUT2D eigenvalue weighted by atomic mass is 32.1. The summed E-state index contributed by atoms with van der Waals surface area (Å²) < 4.78 is 6.61. The third kappa shape index (κ3) is 2.87. The molecule has 0 aromatic carbocycles. The number of nitrogens with zero attached hydrogens (tertiary/aromatic N) is 1. The van der Waals surface area contributed by atoms with E-state index in [4.69, 9.17) is 10.5 Å². The zero-order chi connectivity index (χ0) is 15.0. The molecule has 0 bridgehead atoms. The van der Waals surface area contributed by atoms with Gasteiger partial charge in [-0.3, -0.25) is 9.78 Å². The Bertz CT molecular complexity index is 681. The summed E-state index contributed by atoms with van der Waals surface area (Å²) in [6.07, 6.45) is 5.07. The monoisotopic (exact) mass is 305 g/mol. The average molecular weight is 305 g/mol. The van der Waals surface area contributed by atoms with E-state index in [0.29, 0.717) is 17.2 Å². The maximum absolute atomic E-state index is 12.5. The summed E-state index contributed by atoms with van der Waals surface area (Å²) in [6, 6.07) is 1.97. The molecule has 1 aliphatic rings. The van der Waals surface area contributed by atoms with Crippen LogP contribution in [0.5, 0.6) is 0 Å². The van der Waals surface area contributed by atoms with Gasteiger partial charge in [0.05, 0.1) is 16.0 Å². The van der Waals surface area contributed by atoms with Crippen molar-refractivity contribution in [1.29, 1.82) is 0 Å². The minimum atomic E-state index is -0.189. The molecule has 112 valence electrons. The predicted molar refractivity (Wildman–Crippen MR) is 84.6 cm³/mol. The second-order valence-corrected chi connectivity index (χ2v) is 7.04. The zero-order valence-electron chi connectivity index (χ0n) is 12.2. The lowest BCUT2D eigenvalue weighted by Crippen LogP contribution is -2.45. The van der Waals surface area contributed by atoms with Crippen molar-refractivity contribution in [2.75, 3.05) is 12.3 Å². The standard InChI is InChI=1S/C15H19N3O2S/c1-15(2)7-9(4-6-20-15)18-14(19)13-12(16)10-3-5-17-8-11(10)21-13/h3,5,8-9H,4,6-7,16H2,1-2H3,(H,18,19). The largest absolute Gasteiger partial charge is 0.397 e. The third-order valence-corrected chi connectivity index (χ3v) is 4.92. The van der Waals surface area contributed by atoms with Crippen LogP contribution in [0, 0.1) is 0 Å². The lowest BCUT2D eigenvalue weighted by Gasteiger charge is -2.35. The van der Waals surface area contributed by atoms with E-state index in [1.54, 1.807) is 12.4 Å². The molecule has 0 aliphatic carbocycles. The molecular weight excluding hydrogens is 286 g/mol. The first-order valence-electron chi connectivity index (χ1n) is 7.03. The van der Waals surface area contributed by atoms with Crippen molar-refractivity contribution in [2.45, 2.75) is 38.3 Å². The number of thiophene rings is 1. The highest BCUT2D eigenvalue weighted by Crippen LogP contribution is 2.33. The van der Waals surface area contributed by atoms with Gasteiger partial charge in [-0.1, -0.05) is 0 Å². The minimum absolute atomic E-state index is 0.101. The molecule has 1 atom stereocenters. The number of aromatic nitrogens is 1. The number of rotatable bonds is 2. The molecule has 1 fully saturated rings. The third-order valence-electron chi connectivity index (χ3n) is 3.77. The van der Waals surface area contributed by atoms with Gasteiger partial charge in [0, 0.05) is 30.4 Å². The molecule has 3 rings (SSSR count). The van der Waals surface area contributed by atoms with Crippen LogP contribution >= 0.6 is 11.3 Å². The fourth-order valence-electron chi connectivity index (χ4n) is 2.75. The van der Waals surface area contributed by atoms with Gasteiger partial charge >= 0.3 is 0 Å². The number of nitrogen functional groups attached to an aromatic ring is 1. The van der Waals surface area contributed by atoms with Crippen molar-refractivity contribution >= 4 is 33.0 Å². The quantitative estimate of drug-likeness (QED) is 0.894. The van der Waals surface area contributed by atoms with Gasteiger partial charge in [0.1, 0.15) is 4.88 Å². The summed E-state index contributed by atoms with van der Waals surface area (Å²) in [5.74, 6) is -0.101. The fraction of sp³-hybridized carbons (Fsp3) is 0.467. The Morgan fingerprint density at radius 1 is 1.57 bits per heavy atom. The SMILES string of the molecule is CC1(C)CC(NC(=O)c2sc3cnccc3c2N)CCO1. The Balaban J connectivity index is 1.79. The second-order valence-electron chi connectivity index (χ2n) is 5.99. The smallest absolute Gasteiger partial charge is 0.263 e. The first-order chi connectivity index (χ1) is 9.96. The molecule has 1 amide bonds. The maximum atomic E-state index is 12.5. The van der Waals surface area contributed by atoms with Gasteiger partial charge in [-0.15, -0.1) is 11.3 Å². The number of fused-ring (bicyclic) bond motifs is 1. The number of nitrogens with two attached hydrogens (primary N) is 1. The van der Waals surface area contributed by atoms with Gasteiger partial charge in [0.15, 0.2) is 0 Å². The molecule has 0 saturated carbocycles. The molecule has 0 spiro atoms. The van der Waals surface area contributed by atoms with Gasteiger partial charge in [0.25, 0.3) is 5.91 Å². The molecule has 3 N–H and O–H groups in total. The molecule has 2 aromatic rings. The summed E-state index contributed by atoms with van der Waals surface area (Å²) in [4.78, 5) is 17.1. The van der Waals surface area contributed by atoms with Crippen molar-refractivity contribution in [1.82, 2.24) is 10.3 Å². The average Bonchev–Trinajstić information content (AvgIpc) is 2.76. The molecule has 6 heteroatoms. The first kappa shape index (κ1) is 14.3. The van der Waals surface area contributed by atoms with Crippen LogP contribution < -0.4 is 11.1 Å². The van der Waals surface area contributed by atoms with Crippen LogP contribution in [-0.2, 0) is 4.74 Å². The topological polar surface area (TPSA) is 77.2 Å². The van der Waals surface area contributed by atoms with E-state index >= 15 is 0 Å². The highest BCUT2D eigenvalue weighted by molar-refractivity contribution is 7.21. The zero-order valence-corrected chi connectivity index (χ0v) is 13.0. The van der Waals surface area contributed by atoms with E-state index in [2.05, 4.69) is 10.3 Å². The van der Waals surface area contributed by atoms with Crippen LogP contribution in [-0.4, -0.2) is 29.1 Å². The Kier molecular flexibility index (Phi) is 3.59. The number of carbonyl (C=O) groups excluding carboxylic acids is 1. The van der Waals surface area contributed by atoms with E-state index in [1.807, 2.05) is 19.9 Å². The van der Waals surface area contributed by atoms with E-state index in [1.165, 1.54) is 11.3 Å². The number of hydrogen-bond donors (Lipinski definition) is 2. The van der Waals surface area contributed by atoms with E-state index < -0.39 is 0 Å². The fourth-order valence-corrected chi connectivity index (χ4v) is 3.74. The summed E-state index contributed by atoms with van der Waals surface area (Å²) in [6.45, 7) is 4.76. The van der Waals surface area contributed by atoms with Gasteiger partial charge in [-0.25, -0.2) is 0 Å². The van der Waals surface area contributed by atoms with Crippen molar-refractivity contribution in [3.8, 4) is 0 Å². The maximum Gasteiger partial charge on any atom is 0.263 e.